The van der Waals surface area contributed by atoms with E-state index in [0.717, 1.165) is 0 Å². The lowest BCUT2D eigenvalue weighted by atomic mass is 9.97. The van der Waals surface area contributed by atoms with Gasteiger partial charge in [-0.15, -0.1) is 0 Å². The van der Waals surface area contributed by atoms with E-state index in [1.807, 2.05) is 0 Å². The molecule has 0 bridgehead atoms. The minimum atomic E-state index is -1.12. The Hall–Kier alpha value is -2.95. The van der Waals surface area contributed by atoms with Gasteiger partial charge in [-0.3, -0.25) is 4.79 Å². The topological polar surface area (TPSA) is 91.7 Å². The molecule has 0 heterocycles. The van der Waals surface area contributed by atoms with Gasteiger partial charge in [0.1, 0.15) is 0 Å². The Balaban J connectivity index is 2.54. The van der Waals surface area contributed by atoms with E-state index in [1.54, 1.807) is 18.2 Å². The molecule has 0 fully saturated rings. The lowest BCUT2D eigenvalue weighted by Gasteiger charge is -2.07. The Morgan fingerprint density at radius 1 is 0.714 bits per heavy atom. The molecule has 5 heteroatoms. The first-order valence-corrected chi connectivity index (χ1v) is 6.11. The molecule has 5 nitrogen and oxygen atoms in total. The van der Waals surface area contributed by atoms with Gasteiger partial charge in [0.2, 0.25) is 0 Å². The molecule has 0 unspecified atom stereocenters. The van der Waals surface area contributed by atoms with Crippen molar-refractivity contribution >= 4 is 17.7 Å². The zero-order valence-electron chi connectivity index (χ0n) is 11.2. The fourth-order valence-electron chi connectivity index (χ4n) is 1.93. The lowest BCUT2D eigenvalue weighted by Crippen LogP contribution is -2.01. The second-order valence-corrected chi connectivity index (χ2v) is 4.54. The summed E-state index contributed by atoms with van der Waals surface area (Å²) >= 11 is 0. The molecule has 106 valence electrons. The molecule has 0 spiro atoms. The largest absolute Gasteiger partial charge is 0.478 e. The summed E-state index contributed by atoms with van der Waals surface area (Å²) in [6, 6.07) is 10.4. The summed E-state index contributed by atoms with van der Waals surface area (Å²) in [4.78, 5) is 33.4. The standard InChI is InChI=1S/C16H12O5/c1-9(17)12-6-13(8-14(7-12)16(20)21)10-2-4-11(5-3-10)15(18)19/h2-8H,1H3,(H,18,19)(H,20,21). The molecule has 0 aromatic heterocycles. The average molecular weight is 284 g/mol. The molecule has 0 aliphatic carbocycles. The molecule has 21 heavy (non-hydrogen) atoms. The molecule has 2 aromatic rings. The normalized spacial score (nSPS) is 10.1. The summed E-state index contributed by atoms with van der Waals surface area (Å²) in [6.07, 6.45) is 0. The van der Waals surface area contributed by atoms with E-state index in [4.69, 9.17) is 10.2 Å². The maximum atomic E-state index is 11.5. The van der Waals surface area contributed by atoms with Crippen LogP contribution in [0, 0.1) is 0 Å². The van der Waals surface area contributed by atoms with Gasteiger partial charge < -0.3 is 10.2 Å². The SMILES string of the molecule is CC(=O)c1cc(C(=O)O)cc(-c2ccc(C(=O)O)cc2)c1. The van der Waals surface area contributed by atoms with Crippen molar-refractivity contribution in [3.8, 4) is 11.1 Å². The van der Waals surface area contributed by atoms with Gasteiger partial charge in [0.25, 0.3) is 0 Å². The second-order valence-electron chi connectivity index (χ2n) is 4.54. The number of aromatic carboxylic acids is 2. The van der Waals surface area contributed by atoms with E-state index >= 15 is 0 Å². The third kappa shape index (κ3) is 3.14. The first-order valence-electron chi connectivity index (χ1n) is 6.11. The van der Waals surface area contributed by atoms with Crippen LogP contribution in [0.25, 0.3) is 11.1 Å². The molecule has 0 atom stereocenters. The van der Waals surface area contributed by atoms with Gasteiger partial charge >= 0.3 is 11.9 Å². The van der Waals surface area contributed by atoms with Gasteiger partial charge in [0, 0.05) is 5.56 Å². The number of benzene rings is 2. The van der Waals surface area contributed by atoms with Crippen molar-refractivity contribution in [1.82, 2.24) is 0 Å². The van der Waals surface area contributed by atoms with Crippen LogP contribution in [0.4, 0.5) is 0 Å². The maximum absolute atomic E-state index is 11.5. The summed E-state index contributed by atoms with van der Waals surface area (Å²) in [6.45, 7) is 1.36. The van der Waals surface area contributed by atoms with E-state index in [9.17, 15) is 14.4 Å². The molecule has 2 N–H and O–H groups in total. The highest BCUT2D eigenvalue weighted by molar-refractivity contribution is 5.99. The van der Waals surface area contributed by atoms with Crippen LogP contribution in [-0.4, -0.2) is 27.9 Å². The molecular weight excluding hydrogens is 272 g/mol. The monoisotopic (exact) mass is 284 g/mol. The lowest BCUT2D eigenvalue weighted by molar-refractivity contribution is 0.0686. The highest BCUT2D eigenvalue weighted by atomic mass is 16.4. The Morgan fingerprint density at radius 3 is 1.71 bits per heavy atom. The first-order chi connectivity index (χ1) is 9.88. The van der Waals surface area contributed by atoms with Crippen LogP contribution in [0.2, 0.25) is 0 Å². The van der Waals surface area contributed by atoms with Crippen LogP contribution < -0.4 is 0 Å². The molecule has 0 saturated carbocycles. The fraction of sp³-hybridized carbons (Fsp3) is 0.0625. The molecule has 0 aliphatic heterocycles. The van der Waals surface area contributed by atoms with Crippen LogP contribution in [0.5, 0.6) is 0 Å². The number of Topliss-reactive ketones (excluding diaryl/α,β-unsaturated/α-hetero) is 1. The van der Waals surface area contributed by atoms with Crippen LogP contribution in [-0.2, 0) is 0 Å². The summed E-state index contributed by atoms with van der Waals surface area (Å²) in [5.74, 6) is -2.40. The highest BCUT2D eigenvalue weighted by Gasteiger charge is 2.11. The third-order valence-corrected chi connectivity index (χ3v) is 3.05. The number of carboxylic acids is 2. The predicted molar refractivity (Wildman–Crippen MR) is 75.8 cm³/mol. The summed E-state index contributed by atoms with van der Waals surface area (Å²) in [5, 5.41) is 17.9. The number of hydrogen-bond donors (Lipinski definition) is 2. The van der Waals surface area contributed by atoms with Crippen molar-refractivity contribution in [2.24, 2.45) is 0 Å². The molecule has 2 aromatic carbocycles. The third-order valence-electron chi connectivity index (χ3n) is 3.05. The molecule has 2 rings (SSSR count). The summed E-state index contributed by atoms with van der Waals surface area (Å²) < 4.78 is 0. The van der Waals surface area contributed by atoms with Crippen molar-refractivity contribution in [1.29, 1.82) is 0 Å². The highest BCUT2D eigenvalue weighted by Crippen LogP contribution is 2.23. The van der Waals surface area contributed by atoms with Gasteiger partial charge in [-0.1, -0.05) is 12.1 Å². The minimum Gasteiger partial charge on any atom is -0.478 e. The number of carbonyl (C=O) groups excluding carboxylic acids is 1. The van der Waals surface area contributed by atoms with E-state index in [1.165, 1.54) is 31.2 Å². The Bertz CT molecular complexity index is 697. The van der Waals surface area contributed by atoms with E-state index in [2.05, 4.69) is 0 Å². The molecule has 0 amide bonds. The second kappa shape index (κ2) is 5.58. The van der Waals surface area contributed by atoms with Crippen molar-refractivity contribution in [2.45, 2.75) is 6.92 Å². The van der Waals surface area contributed by atoms with E-state index < -0.39 is 11.9 Å². The predicted octanol–water partition coefficient (Wildman–Crippen LogP) is 2.95. The van der Waals surface area contributed by atoms with Crippen molar-refractivity contribution in [3.05, 3.63) is 59.2 Å². The summed E-state index contributed by atoms with van der Waals surface area (Å²) in [7, 11) is 0. The van der Waals surface area contributed by atoms with Crippen LogP contribution >= 0.6 is 0 Å². The Kier molecular flexibility index (Phi) is 3.84. The molecular formula is C16H12O5. The smallest absolute Gasteiger partial charge is 0.335 e. The number of rotatable bonds is 4. The fourth-order valence-corrected chi connectivity index (χ4v) is 1.93. The Morgan fingerprint density at radius 2 is 1.24 bits per heavy atom. The van der Waals surface area contributed by atoms with E-state index in [0.29, 0.717) is 16.7 Å². The van der Waals surface area contributed by atoms with Crippen molar-refractivity contribution in [3.63, 3.8) is 0 Å². The zero-order chi connectivity index (χ0) is 15.6. The number of ketones is 1. The maximum Gasteiger partial charge on any atom is 0.335 e. The zero-order valence-corrected chi connectivity index (χ0v) is 11.2. The number of carbonyl (C=O) groups is 3. The van der Waals surface area contributed by atoms with Crippen LogP contribution in [0.1, 0.15) is 38.0 Å². The van der Waals surface area contributed by atoms with Crippen molar-refractivity contribution in [2.75, 3.05) is 0 Å². The van der Waals surface area contributed by atoms with E-state index in [-0.39, 0.29) is 16.9 Å². The van der Waals surface area contributed by atoms with Crippen LogP contribution in [0.15, 0.2) is 42.5 Å². The van der Waals surface area contributed by atoms with Gasteiger partial charge in [-0.25, -0.2) is 9.59 Å². The van der Waals surface area contributed by atoms with Gasteiger partial charge in [0.05, 0.1) is 11.1 Å². The minimum absolute atomic E-state index is 0.0139. The molecule has 0 radical (unpaired) electrons. The van der Waals surface area contributed by atoms with Crippen LogP contribution in [0.3, 0.4) is 0 Å². The quantitative estimate of drug-likeness (QED) is 0.842. The van der Waals surface area contributed by atoms with Gasteiger partial charge in [0.15, 0.2) is 5.78 Å². The van der Waals surface area contributed by atoms with Crippen molar-refractivity contribution < 1.29 is 24.6 Å². The summed E-state index contributed by atoms with van der Waals surface area (Å²) in [5.41, 5.74) is 1.65. The molecule has 0 aliphatic rings. The van der Waals surface area contributed by atoms with Gasteiger partial charge in [-0.05, 0) is 48.4 Å². The number of hydrogen-bond acceptors (Lipinski definition) is 3. The average Bonchev–Trinajstić information content (AvgIpc) is 2.46. The van der Waals surface area contributed by atoms with Gasteiger partial charge in [-0.2, -0.15) is 0 Å². The molecule has 0 saturated heterocycles. The number of carboxylic acid groups (broad SMARTS) is 2. The Labute approximate surface area is 120 Å². The first kappa shape index (κ1) is 14.5.